The van der Waals surface area contributed by atoms with E-state index in [1.807, 2.05) is 18.2 Å². The van der Waals surface area contributed by atoms with Crippen molar-refractivity contribution in [2.75, 3.05) is 13.1 Å². The zero-order chi connectivity index (χ0) is 12.7. The summed E-state index contributed by atoms with van der Waals surface area (Å²) in [6.45, 7) is 4.39. The van der Waals surface area contributed by atoms with Crippen LogP contribution in [0.4, 0.5) is 0 Å². The Morgan fingerprint density at radius 2 is 2.12 bits per heavy atom. The largest absolute Gasteiger partial charge is 0.355 e. The molecule has 5 nitrogen and oxygen atoms in total. The van der Waals surface area contributed by atoms with Crippen molar-refractivity contribution in [2.45, 2.75) is 20.4 Å². The number of nitrogens with zero attached hydrogens (tertiary/aromatic N) is 2. The number of pyridine rings is 1. The van der Waals surface area contributed by atoms with Gasteiger partial charge in [-0.2, -0.15) is 0 Å². The predicted octanol–water partition coefficient (Wildman–Crippen LogP) is 0.566. The predicted molar refractivity (Wildman–Crippen MR) is 64.0 cm³/mol. The average molecular weight is 235 g/mol. The van der Waals surface area contributed by atoms with Gasteiger partial charge in [0, 0.05) is 33.1 Å². The third-order valence-electron chi connectivity index (χ3n) is 2.28. The molecule has 17 heavy (non-hydrogen) atoms. The van der Waals surface area contributed by atoms with E-state index in [9.17, 15) is 9.59 Å². The van der Waals surface area contributed by atoms with Gasteiger partial charge >= 0.3 is 0 Å². The molecular weight excluding hydrogens is 218 g/mol. The summed E-state index contributed by atoms with van der Waals surface area (Å²) in [5.41, 5.74) is 0.838. The van der Waals surface area contributed by atoms with E-state index in [1.54, 1.807) is 11.1 Å². The maximum Gasteiger partial charge on any atom is 0.219 e. The molecule has 0 radical (unpaired) electrons. The van der Waals surface area contributed by atoms with E-state index in [1.165, 1.54) is 13.8 Å². The smallest absolute Gasteiger partial charge is 0.219 e. The van der Waals surface area contributed by atoms with Crippen molar-refractivity contribution in [3.63, 3.8) is 0 Å². The van der Waals surface area contributed by atoms with Crippen LogP contribution in [0.15, 0.2) is 24.4 Å². The Morgan fingerprint density at radius 1 is 1.35 bits per heavy atom. The molecule has 0 atom stereocenters. The number of hydrogen-bond acceptors (Lipinski definition) is 3. The van der Waals surface area contributed by atoms with Gasteiger partial charge in [0.2, 0.25) is 11.8 Å². The summed E-state index contributed by atoms with van der Waals surface area (Å²) in [4.78, 5) is 27.9. The van der Waals surface area contributed by atoms with Crippen LogP contribution in [0.3, 0.4) is 0 Å². The second kappa shape index (κ2) is 6.62. The van der Waals surface area contributed by atoms with Crippen LogP contribution in [-0.4, -0.2) is 34.8 Å². The summed E-state index contributed by atoms with van der Waals surface area (Å²) >= 11 is 0. The summed E-state index contributed by atoms with van der Waals surface area (Å²) in [5, 5.41) is 2.66. The molecule has 0 spiro atoms. The Labute approximate surface area is 101 Å². The zero-order valence-electron chi connectivity index (χ0n) is 10.1. The van der Waals surface area contributed by atoms with E-state index in [-0.39, 0.29) is 11.8 Å². The van der Waals surface area contributed by atoms with Crippen molar-refractivity contribution in [3.05, 3.63) is 30.1 Å². The van der Waals surface area contributed by atoms with Crippen LogP contribution < -0.4 is 5.32 Å². The van der Waals surface area contributed by atoms with E-state index in [4.69, 9.17) is 0 Å². The molecule has 5 heteroatoms. The number of nitrogens with one attached hydrogen (secondary N) is 1. The van der Waals surface area contributed by atoms with Crippen LogP contribution >= 0.6 is 0 Å². The number of hydrogen-bond donors (Lipinski definition) is 1. The third kappa shape index (κ3) is 5.10. The average Bonchev–Trinajstić information content (AvgIpc) is 2.28. The Morgan fingerprint density at radius 3 is 2.65 bits per heavy atom. The van der Waals surface area contributed by atoms with Crippen LogP contribution in [0, 0.1) is 0 Å². The lowest BCUT2D eigenvalue weighted by Crippen LogP contribution is -2.36. The highest BCUT2D eigenvalue weighted by Crippen LogP contribution is 2.00. The maximum absolute atomic E-state index is 11.4. The van der Waals surface area contributed by atoms with Gasteiger partial charge in [0.05, 0.1) is 12.2 Å². The number of carbonyl (C=O) groups excluding carboxylic acids is 2. The van der Waals surface area contributed by atoms with Crippen molar-refractivity contribution >= 4 is 11.8 Å². The second-order valence-electron chi connectivity index (χ2n) is 3.74. The van der Waals surface area contributed by atoms with E-state index < -0.39 is 0 Å². The molecule has 1 rings (SSSR count). The second-order valence-corrected chi connectivity index (χ2v) is 3.74. The minimum atomic E-state index is -0.0914. The summed E-state index contributed by atoms with van der Waals surface area (Å²) in [6.07, 6.45) is 1.70. The molecule has 1 N–H and O–H groups in total. The van der Waals surface area contributed by atoms with Crippen LogP contribution in [0.1, 0.15) is 19.5 Å². The van der Waals surface area contributed by atoms with Gasteiger partial charge < -0.3 is 10.2 Å². The first kappa shape index (κ1) is 13.2. The van der Waals surface area contributed by atoms with E-state index in [2.05, 4.69) is 10.3 Å². The van der Waals surface area contributed by atoms with Crippen LogP contribution in [0.5, 0.6) is 0 Å². The standard InChI is InChI=1S/C12H17N3O2/c1-10(16)13-7-8-15(11(2)17)9-12-5-3-4-6-14-12/h3-6H,7-9H2,1-2H3,(H,13,16). The first-order chi connectivity index (χ1) is 8.09. The lowest BCUT2D eigenvalue weighted by Gasteiger charge is -2.20. The quantitative estimate of drug-likeness (QED) is 0.811. The topological polar surface area (TPSA) is 62.3 Å². The van der Waals surface area contributed by atoms with Crippen LogP contribution in [-0.2, 0) is 16.1 Å². The molecule has 0 aromatic carbocycles. The Balaban J connectivity index is 2.49. The molecule has 0 saturated carbocycles. The Kier molecular flexibility index (Phi) is 5.13. The molecule has 1 heterocycles. The SMILES string of the molecule is CC(=O)NCCN(Cc1ccccn1)C(C)=O. The molecular formula is C12H17N3O2. The minimum Gasteiger partial charge on any atom is -0.355 e. The van der Waals surface area contributed by atoms with Crippen molar-refractivity contribution < 1.29 is 9.59 Å². The van der Waals surface area contributed by atoms with Gasteiger partial charge in [0.25, 0.3) is 0 Å². The molecule has 0 aliphatic carbocycles. The fraction of sp³-hybridized carbons (Fsp3) is 0.417. The van der Waals surface area contributed by atoms with E-state index in [0.717, 1.165) is 5.69 Å². The number of rotatable bonds is 5. The van der Waals surface area contributed by atoms with Crippen molar-refractivity contribution in [3.8, 4) is 0 Å². The number of amides is 2. The van der Waals surface area contributed by atoms with Crippen molar-refractivity contribution in [1.29, 1.82) is 0 Å². The maximum atomic E-state index is 11.4. The molecule has 0 aliphatic rings. The van der Waals surface area contributed by atoms with Crippen molar-refractivity contribution in [1.82, 2.24) is 15.2 Å². The van der Waals surface area contributed by atoms with E-state index >= 15 is 0 Å². The fourth-order valence-electron chi connectivity index (χ4n) is 1.40. The van der Waals surface area contributed by atoms with Gasteiger partial charge in [-0.3, -0.25) is 14.6 Å². The summed E-state index contributed by atoms with van der Waals surface area (Å²) in [5.74, 6) is -0.118. The molecule has 92 valence electrons. The Bertz CT molecular complexity index is 379. The molecule has 2 amide bonds. The normalized spacial score (nSPS) is 9.76. The number of carbonyl (C=O) groups is 2. The molecule has 0 fully saturated rings. The Hall–Kier alpha value is -1.91. The molecule has 0 unspecified atom stereocenters. The summed E-state index contributed by atoms with van der Waals surface area (Å²) in [7, 11) is 0. The monoisotopic (exact) mass is 235 g/mol. The first-order valence-electron chi connectivity index (χ1n) is 5.49. The molecule has 0 bridgehead atoms. The van der Waals surface area contributed by atoms with Crippen molar-refractivity contribution in [2.24, 2.45) is 0 Å². The van der Waals surface area contributed by atoms with Crippen LogP contribution in [0.2, 0.25) is 0 Å². The highest BCUT2D eigenvalue weighted by atomic mass is 16.2. The fourth-order valence-corrected chi connectivity index (χ4v) is 1.40. The molecule has 0 saturated heterocycles. The third-order valence-corrected chi connectivity index (χ3v) is 2.28. The van der Waals surface area contributed by atoms with Gasteiger partial charge in [-0.05, 0) is 12.1 Å². The van der Waals surface area contributed by atoms with Gasteiger partial charge in [-0.1, -0.05) is 6.07 Å². The lowest BCUT2D eigenvalue weighted by molar-refractivity contribution is -0.130. The molecule has 0 aliphatic heterocycles. The van der Waals surface area contributed by atoms with Gasteiger partial charge in [-0.15, -0.1) is 0 Å². The van der Waals surface area contributed by atoms with Crippen LogP contribution in [0.25, 0.3) is 0 Å². The summed E-state index contributed by atoms with van der Waals surface area (Å²) in [6, 6.07) is 5.59. The summed E-state index contributed by atoms with van der Waals surface area (Å²) < 4.78 is 0. The molecule has 1 aromatic rings. The van der Waals surface area contributed by atoms with Gasteiger partial charge in [0.15, 0.2) is 0 Å². The highest BCUT2D eigenvalue weighted by molar-refractivity contribution is 5.74. The first-order valence-corrected chi connectivity index (χ1v) is 5.49. The van der Waals surface area contributed by atoms with Gasteiger partial charge in [-0.25, -0.2) is 0 Å². The minimum absolute atomic E-state index is 0.0268. The van der Waals surface area contributed by atoms with Gasteiger partial charge in [0.1, 0.15) is 0 Å². The number of aromatic nitrogens is 1. The molecule has 1 aromatic heterocycles. The highest BCUT2D eigenvalue weighted by Gasteiger charge is 2.09. The van der Waals surface area contributed by atoms with E-state index in [0.29, 0.717) is 19.6 Å². The zero-order valence-corrected chi connectivity index (χ0v) is 10.1. The lowest BCUT2D eigenvalue weighted by atomic mass is 10.3.